The maximum atomic E-state index is 3.54. The molecule has 0 aliphatic carbocycles. The SMILES string of the molecule is BrCCCCCc1ccc(N(c2ccccc2)c2ccccc2)c2ccccc12. The molecule has 0 heterocycles. The number of aryl methyl sites for hydroxylation is 1. The van der Waals surface area contributed by atoms with Gasteiger partial charge in [0.05, 0.1) is 5.69 Å². The minimum atomic E-state index is 1.09. The van der Waals surface area contributed by atoms with Gasteiger partial charge < -0.3 is 4.90 Å². The van der Waals surface area contributed by atoms with Crippen LogP contribution in [0.15, 0.2) is 97.1 Å². The second-order valence-electron chi connectivity index (χ2n) is 7.30. The molecule has 0 fully saturated rings. The number of nitrogens with zero attached hydrogens (tertiary/aromatic N) is 1. The van der Waals surface area contributed by atoms with Crippen molar-refractivity contribution < 1.29 is 0 Å². The Morgan fingerprint density at radius 2 is 1.14 bits per heavy atom. The zero-order chi connectivity index (χ0) is 19.9. The smallest absolute Gasteiger partial charge is 0.0540 e. The number of benzene rings is 4. The first-order valence-corrected chi connectivity index (χ1v) is 11.5. The summed E-state index contributed by atoms with van der Waals surface area (Å²) in [5.74, 6) is 0. The van der Waals surface area contributed by atoms with Crippen molar-refractivity contribution in [1.82, 2.24) is 0 Å². The molecule has 29 heavy (non-hydrogen) atoms. The van der Waals surface area contributed by atoms with E-state index in [-0.39, 0.29) is 0 Å². The summed E-state index contributed by atoms with van der Waals surface area (Å²) in [6.07, 6.45) is 4.87. The first-order chi connectivity index (χ1) is 14.4. The van der Waals surface area contributed by atoms with Gasteiger partial charge in [0.25, 0.3) is 0 Å². The van der Waals surface area contributed by atoms with Crippen molar-refractivity contribution >= 4 is 43.8 Å². The van der Waals surface area contributed by atoms with Crippen molar-refractivity contribution in [2.75, 3.05) is 10.2 Å². The van der Waals surface area contributed by atoms with Crippen LogP contribution in [0.25, 0.3) is 10.8 Å². The van der Waals surface area contributed by atoms with Gasteiger partial charge in [-0.15, -0.1) is 0 Å². The summed E-state index contributed by atoms with van der Waals surface area (Å²) < 4.78 is 0. The number of alkyl halides is 1. The first kappa shape index (κ1) is 19.7. The third-order valence-electron chi connectivity index (χ3n) is 5.34. The van der Waals surface area contributed by atoms with Gasteiger partial charge in [-0.25, -0.2) is 0 Å². The van der Waals surface area contributed by atoms with E-state index in [1.54, 1.807) is 0 Å². The van der Waals surface area contributed by atoms with Crippen LogP contribution in [0, 0.1) is 0 Å². The summed E-state index contributed by atoms with van der Waals surface area (Å²) in [6, 6.07) is 34.7. The highest BCUT2D eigenvalue weighted by Crippen LogP contribution is 2.39. The van der Waals surface area contributed by atoms with Gasteiger partial charge in [0.1, 0.15) is 0 Å². The van der Waals surface area contributed by atoms with Crippen molar-refractivity contribution in [1.29, 1.82) is 0 Å². The van der Waals surface area contributed by atoms with Gasteiger partial charge in [-0.1, -0.05) is 89.1 Å². The molecule has 1 nitrogen and oxygen atoms in total. The Labute approximate surface area is 182 Å². The van der Waals surface area contributed by atoms with Crippen molar-refractivity contribution in [3.8, 4) is 0 Å². The standard InChI is InChI=1S/C27H26BrN/c28-21-11-3-4-12-22-19-20-27(26-18-10-9-17-25(22)26)29(23-13-5-1-6-14-23)24-15-7-2-8-16-24/h1-2,5-10,13-20H,3-4,11-12,21H2. The molecule has 0 N–H and O–H groups in total. The summed E-state index contributed by atoms with van der Waals surface area (Å²) in [6.45, 7) is 0. The molecular weight excluding hydrogens is 418 g/mol. The fourth-order valence-electron chi connectivity index (χ4n) is 3.93. The van der Waals surface area contributed by atoms with E-state index in [1.807, 2.05) is 0 Å². The Kier molecular flexibility index (Phi) is 6.63. The van der Waals surface area contributed by atoms with Crippen LogP contribution in [0.1, 0.15) is 24.8 Å². The maximum Gasteiger partial charge on any atom is 0.0540 e. The number of unbranched alkanes of at least 4 members (excludes halogenated alkanes) is 2. The number of halogens is 1. The third kappa shape index (κ3) is 4.54. The predicted octanol–water partition coefficient (Wildman–Crippen LogP) is 8.42. The predicted molar refractivity (Wildman–Crippen MR) is 130 cm³/mol. The summed E-state index contributed by atoms with van der Waals surface area (Å²) in [5, 5.41) is 3.76. The average molecular weight is 444 g/mol. The molecule has 4 rings (SSSR count). The normalized spacial score (nSPS) is 10.9. The monoisotopic (exact) mass is 443 g/mol. The van der Waals surface area contributed by atoms with Gasteiger partial charge in [-0.3, -0.25) is 0 Å². The molecule has 0 radical (unpaired) electrons. The van der Waals surface area contributed by atoms with Crippen molar-refractivity contribution in [3.63, 3.8) is 0 Å². The Bertz CT molecular complexity index is 1000. The molecule has 4 aromatic carbocycles. The van der Waals surface area contributed by atoms with Crippen LogP contribution < -0.4 is 4.90 Å². The summed E-state index contributed by atoms with van der Waals surface area (Å²) >= 11 is 3.54. The molecule has 0 aliphatic heterocycles. The lowest BCUT2D eigenvalue weighted by molar-refractivity contribution is 0.727. The van der Waals surface area contributed by atoms with Crippen LogP contribution in [0.3, 0.4) is 0 Å². The van der Waals surface area contributed by atoms with E-state index < -0.39 is 0 Å². The van der Waals surface area contributed by atoms with E-state index in [1.165, 1.54) is 52.7 Å². The molecular formula is C27H26BrN. The summed E-state index contributed by atoms with van der Waals surface area (Å²) in [4.78, 5) is 2.36. The van der Waals surface area contributed by atoms with Gasteiger partial charge in [-0.2, -0.15) is 0 Å². The highest BCUT2D eigenvalue weighted by Gasteiger charge is 2.15. The van der Waals surface area contributed by atoms with Crippen LogP contribution >= 0.6 is 15.9 Å². The highest BCUT2D eigenvalue weighted by molar-refractivity contribution is 9.09. The fraction of sp³-hybridized carbons (Fsp3) is 0.185. The van der Waals surface area contributed by atoms with Crippen LogP contribution in [0.4, 0.5) is 17.1 Å². The maximum absolute atomic E-state index is 3.54. The molecule has 0 amide bonds. The van der Waals surface area contributed by atoms with E-state index >= 15 is 0 Å². The van der Waals surface area contributed by atoms with E-state index in [0.29, 0.717) is 0 Å². The molecule has 146 valence electrons. The molecule has 0 spiro atoms. The Morgan fingerprint density at radius 1 is 0.552 bits per heavy atom. The van der Waals surface area contributed by atoms with Crippen molar-refractivity contribution in [3.05, 3.63) is 103 Å². The lowest BCUT2D eigenvalue weighted by Crippen LogP contribution is -2.10. The molecule has 0 saturated heterocycles. The molecule has 0 saturated carbocycles. The molecule has 0 bridgehead atoms. The quantitative estimate of drug-likeness (QED) is 0.195. The number of anilines is 3. The van der Waals surface area contributed by atoms with Crippen LogP contribution in [-0.4, -0.2) is 5.33 Å². The topological polar surface area (TPSA) is 3.24 Å². The van der Waals surface area contributed by atoms with E-state index in [9.17, 15) is 0 Å². The number of rotatable bonds is 8. The zero-order valence-electron chi connectivity index (χ0n) is 16.6. The van der Waals surface area contributed by atoms with Crippen LogP contribution in [0.2, 0.25) is 0 Å². The average Bonchev–Trinajstić information content (AvgIpc) is 2.79. The lowest BCUT2D eigenvalue weighted by Gasteiger charge is -2.27. The van der Waals surface area contributed by atoms with Crippen molar-refractivity contribution in [2.45, 2.75) is 25.7 Å². The summed E-state index contributed by atoms with van der Waals surface area (Å²) in [7, 11) is 0. The third-order valence-corrected chi connectivity index (χ3v) is 5.90. The number of hydrogen-bond donors (Lipinski definition) is 0. The zero-order valence-corrected chi connectivity index (χ0v) is 18.2. The van der Waals surface area contributed by atoms with Crippen LogP contribution in [-0.2, 0) is 6.42 Å². The molecule has 2 heteroatoms. The lowest BCUT2D eigenvalue weighted by atomic mass is 9.97. The fourth-order valence-corrected chi connectivity index (χ4v) is 4.32. The van der Waals surface area contributed by atoms with E-state index in [4.69, 9.17) is 0 Å². The van der Waals surface area contributed by atoms with Crippen molar-refractivity contribution in [2.24, 2.45) is 0 Å². The number of fused-ring (bicyclic) bond motifs is 1. The molecule has 4 aromatic rings. The molecule has 0 aromatic heterocycles. The number of hydrogen-bond acceptors (Lipinski definition) is 1. The van der Waals surface area contributed by atoms with Gasteiger partial charge >= 0.3 is 0 Å². The Morgan fingerprint density at radius 3 is 1.76 bits per heavy atom. The van der Waals surface area contributed by atoms with E-state index in [0.717, 1.165) is 11.8 Å². The minimum Gasteiger partial charge on any atom is -0.310 e. The second-order valence-corrected chi connectivity index (χ2v) is 8.09. The number of para-hydroxylation sites is 2. The van der Waals surface area contributed by atoms with E-state index in [2.05, 4.69) is 118 Å². The summed E-state index contributed by atoms with van der Waals surface area (Å²) in [5.41, 5.74) is 5.02. The Balaban J connectivity index is 1.81. The molecule has 0 unspecified atom stereocenters. The van der Waals surface area contributed by atoms with Crippen LogP contribution in [0.5, 0.6) is 0 Å². The van der Waals surface area contributed by atoms with Gasteiger partial charge in [0, 0.05) is 22.1 Å². The molecule has 0 aliphatic rings. The second kappa shape index (κ2) is 9.76. The largest absolute Gasteiger partial charge is 0.310 e. The minimum absolute atomic E-state index is 1.09. The van der Waals surface area contributed by atoms with Gasteiger partial charge in [-0.05, 0) is 60.5 Å². The van der Waals surface area contributed by atoms with Gasteiger partial charge in [0.15, 0.2) is 0 Å². The molecule has 0 atom stereocenters. The first-order valence-electron chi connectivity index (χ1n) is 10.4. The highest BCUT2D eigenvalue weighted by atomic mass is 79.9. The Hall–Kier alpha value is -2.58. The van der Waals surface area contributed by atoms with Gasteiger partial charge in [0.2, 0.25) is 0 Å².